The van der Waals surface area contributed by atoms with Gasteiger partial charge in [0.15, 0.2) is 0 Å². The third kappa shape index (κ3) is 3.59. The number of ether oxygens (including phenoxy) is 1. The van der Waals surface area contributed by atoms with E-state index < -0.39 is 22.0 Å². The summed E-state index contributed by atoms with van der Waals surface area (Å²) in [7, 11) is 0. The van der Waals surface area contributed by atoms with Crippen LogP contribution in [0.4, 0.5) is 5.69 Å². The third-order valence-electron chi connectivity index (χ3n) is 3.26. The van der Waals surface area contributed by atoms with Gasteiger partial charge in [-0.2, -0.15) is 0 Å². The molecule has 3 aromatic rings. The average molecular weight is 337 g/mol. The first-order valence-electron chi connectivity index (χ1n) is 6.67. The summed E-state index contributed by atoms with van der Waals surface area (Å²) in [4.78, 5) is 21.4. The number of aromatic hydroxyl groups is 1. The molecule has 0 aliphatic rings. The quantitative estimate of drug-likeness (QED) is 0.339. The average Bonchev–Trinajstić information content (AvgIpc) is 2.54. The van der Waals surface area contributed by atoms with Gasteiger partial charge in [0.1, 0.15) is 17.9 Å². The second-order valence-electron chi connectivity index (χ2n) is 4.78. The van der Waals surface area contributed by atoms with E-state index in [1.807, 2.05) is 30.3 Å². The second kappa shape index (κ2) is 7.48. The Morgan fingerprint density at radius 3 is 2.54 bits per heavy atom. The van der Waals surface area contributed by atoms with Crippen molar-refractivity contribution in [3.63, 3.8) is 0 Å². The molecule has 7 nitrogen and oxygen atoms in total. The number of nitro groups is 1. The number of benzene rings is 2. The number of nitrogens with zero attached hydrogens (tertiary/aromatic N) is 1. The van der Waals surface area contributed by atoms with E-state index in [2.05, 4.69) is 0 Å². The molecule has 1 N–H and O–H groups in total. The van der Waals surface area contributed by atoms with Crippen LogP contribution >= 0.6 is 0 Å². The Morgan fingerprint density at radius 2 is 1.88 bits per heavy atom. The molecule has 8 heteroatoms. The molecule has 0 fully saturated rings. The van der Waals surface area contributed by atoms with E-state index in [0.717, 1.165) is 5.56 Å². The van der Waals surface area contributed by atoms with Gasteiger partial charge in [0.05, 0.1) is 10.3 Å². The summed E-state index contributed by atoms with van der Waals surface area (Å²) < 4.78 is 10.4. The SMILES string of the molecule is O=c1oc2ccc(OCc3ccccc3)cc2c(O)c1[N+](=O)[O-].[NaH]. The fourth-order valence-corrected chi connectivity index (χ4v) is 2.15. The summed E-state index contributed by atoms with van der Waals surface area (Å²) in [5.74, 6) is -0.341. The molecule has 24 heavy (non-hydrogen) atoms. The van der Waals surface area contributed by atoms with Crippen molar-refractivity contribution in [3.05, 3.63) is 74.6 Å². The molecule has 0 atom stereocenters. The van der Waals surface area contributed by atoms with Crippen LogP contribution in [0.5, 0.6) is 11.5 Å². The van der Waals surface area contributed by atoms with Gasteiger partial charge in [-0.05, 0) is 23.8 Å². The molecule has 0 spiro atoms. The van der Waals surface area contributed by atoms with Gasteiger partial charge >= 0.3 is 40.9 Å². The number of rotatable bonds is 4. The topological polar surface area (TPSA) is 103 Å². The Balaban J connectivity index is 0.00000208. The molecule has 0 aliphatic heterocycles. The van der Waals surface area contributed by atoms with Gasteiger partial charge in [0, 0.05) is 0 Å². The van der Waals surface area contributed by atoms with Gasteiger partial charge in [-0.1, -0.05) is 30.3 Å². The van der Waals surface area contributed by atoms with Crippen LogP contribution < -0.4 is 10.4 Å². The fourth-order valence-electron chi connectivity index (χ4n) is 2.15. The monoisotopic (exact) mass is 337 g/mol. The molecular formula is C16H12NNaO6. The minimum atomic E-state index is -1.20. The van der Waals surface area contributed by atoms with Crippen LogP contribution in [0.25, 0.3) is 11.0 Å². The van der Waals surface area contributed by atoms with Crippen molar-refractivity contribution in [3.8, 4) is 11.5 Å². The predicted molar refractivity (Wildman–Crippen MR) is 88.7 cm³/mol. The van der Waals surface area contributed by atoms with E-state index in [9.17, 15) is 20.0 Å². The zero-order chi connectivity index (χ0) is 16.4. The molecule has 118 valence electrons. The molecule has 0 saturated carbocycles. The summed E-state index contributed by atoms with van der Waals surface area (Å²) in [6, 6.07) is 13.8. The summed E-state index contributed by atoms with van der Waals surface area (Å²) in [5, 5.41) is 20.8. The van der Waals surface area contributed by atoms with Gasteiger partial charge in [-0.3, -0.25) is 10.1 Å². The first-order chi connectivity index (χ1) is 11.1. The maximum absolute atomic E-state index is 11.5. The number of hydrogen-bond donors (Lipinski definition) is 1. The predicted octanol–water partition coefficient (Wildman–Crippen LogP) is 2.34. The Bertz CT molecular complexity index is 938. The van der Waals surface area contributed by atoms with E-state index in [1.54, 1.807) is 6.07 Å². The normalized spacial score (nSPS) is 10.2. The van der Waals surface area contributed by atoms with Crippen molar-refractivity contribution in [1.82, 2.24) is 0 Å². The molecule has 1 aromatic heterocycles. The molecule has 3 rings (SSSR count). The molecule has 2 aromatic carbocycles. The van der Waals surface area contributed by atoms with Crippen LogP contribution in [-0.4, -0.2) is 39.6 Å². The van der Waals surface area contributed by atoms with Crippen molar-refractivity contribution in [2.24, 2.45) is 0 Å². The Hall–Kier alpha value is -2.35. The summed E-state index contributed by atoms with van der Waals surface area (Å²) >= 11 is 0. The van der Waals surface area contributed by atoms with Crippen LogP contribution in [0.3, 0.4) is 0 Å². The van der Waals surface area contributed by atoms with Gasteiger partial charge in [0.25, 0.3) is 0 Å². The van der Waals surface area contributed by atoms with Crippen LogP contribution in [-0.2, 0) is 6.61 Å². The molecular weight excluding hydrogens is 325 g/mol. The van der Waals surface area contributed by atoms with Gasteiger partial charge in [0.2, 0.25) is 5.75 Å². The van der Waals surface area contributed by atoms with E-state index in [0.29, 0.717) is 12.4 Å². The maximum atomic E-state index is 11.5. The van der Waals surface area contributed by atoms with Crippen molar-refractivity contribution in [1.29, 1.82) is 0 Å². The molecule has 0 bridgehead atoms. The van der Waals surface area contributed by atoms with Crippen molar-refractivity contribution in [2.45, 2.75) is 6.61 Å². The third-order valence-corrected chi connectivity index (χ3v) is 3.26. The van der Waals surface area contributed by atoms with Gasteiger partial charge in [-0.25, -0.2) is 4.79 Å². The second-order valence-corrected chi connectivity index (χ2v) is 4.78. The Morgan fingerprint density at radius 1 is 1.17 bits per heavy atom. The van der Waals surface area contributed by atoms with Crippen LogP contribution in [0, 0.1) is 10.1 Å². The van der Waals surface area contributed by atoms with E-state index >= 15 is 0 Å². The van der Waals surface area contributed by atoms with Gasteiger partial charge in [-0.15, -0.1) is 0 Å². The van der Waals surface area contributed by atoms with E-state index in [-0.39, 0.29) is 40.5 Å². The summed E-state index contributed by atoms with van der Waals surface area (Å²) in [6.07, 6.45) is 0. The van der Waals surface area contributed by atoms with Gasteiger partial charge < -0.3 is 14.3 Å². The molecule has 0 unspecified atom stereocenters. The molecule has 0 radical (unpaired) electrons. The summed E-state index contributed by atoms with van der Waals surface area (Å²) in [6.45, 7) is 0.298. The zero-order valence-corrected chi connectivity index (χ0v) is 11.8. The first kappa shape index (κ1) is 18.0. The Labute approximate surface area is 157 Å². The first-order valence-corrected chi connectivity index (χ1v) is 6.67. The molecule has 0 saturated heterocycles. The van der Waals surface area contributed by atoms with Crippen LogP contribution in [0.15, 0.2) is 57.7 Å². The van der Waals surface area contributed by atoms with Crippen LogP contribution in [0.2, 0.25) is 0 Å². The molecule has 0 aliphatic carbocycles. The Kier molecular flexibility index (Phi) is 5.61. The molecule has 0 amide bonds. The zero-order valence-electron chi connectivity index (χ0n) is 11.8. The number of fused-ring (bicyclic) bond motifs is 1. The minimum absolute atomic E-state index is 0. The molecule has 1 heterocycles. The fraction of sp³-hybridized carbons (Fsp3) is 0.0625. The van der Waals surface area contributed by atoms with Crippen molar-refractivity contribution >= 4 is 46.2 Å². The van der Waals surface area contributed by atoms with Crippen molar-refractivity contribution in [2.75, 3.05) is 0 Å². The van der Waals surface area contributed by atoms with Crippen molar-refractivity contribution < 1.29 is 19.2 Å². The van der Waals surface area contributed by atoms with E-state index in [1.165, 1.54) is 12.1 Å². The van der Waals surface area contributed by atoms with Crippen LogP contribution in [0.1, 0.15) is 5.56 Å². The number of hydrogen-bond acceptors (Lipinski definition) is 6. The standard InChI is InChI=1S/C16H11NO6.Na.H/c18-15-12-8-11(22-9-10-4-2-1-3-5-10)6-7-13(12)23-16(19)14(15)17(20)21;;/h1-8,18H,9H2;;. The summed E-state index contributed by atoms with van der Waals surface area (Å²) in [5.41, 5.74) is -1.19. The van der Waals surface area contributed by atoms with E-state index in [4.69, 9.17) is 9.15 Å².